The average Bonchev–Trinajstić information content (AvgIpc) is 2.72. The number of nitrogens with zero attached hydrogens (tertiary/aromatic N) is 1. The first-order valence-corrected chi connectivity index (χ1v) is 5.39. The number of oxazole rings is 1. The molecule has 0 aliphatic carbocycles. The van der Waals surface area contributed by atoms with Gasteiger partial charge >= 0.3 is 0 Å². The van der Waals surface area contributed by atoms with E-state index in [2.05, 4.69) is 4.98 Å². The van der Waals surface area contributed by atoms with Crippen molar-refractivity contribution in [2.24, 2.45) is 0 Å². The van der Waals surface area contributed by atoms with E-state index in [0.717, 1.165) is 16.7 Å². The number of phenolic OH excluding ortho intramolecular Hbond substituents is 1. The van der Waals surface area contributed by atoms with Gasteiger partial charge in [0.05, 0.1) is 5.56 Å². The van der Waals surface area contributed by atoms with Crippen molar-refractivity contribution >= 4 is 11.1 Å². The van der Waals surface area contributed by atoms with E-state index in [-0.39, 0.29) is 5.75 Å². The molecule has 0 fully saturated rings. The molecule has 3 aromatic rings. The van der Waals surface area contributed by atoms with Crippen LogP contribution in [0.4, 0.5) is 0 Å². The number of hydrogen-bond donors (Lipinski definition) is 1. The Morgan fingerprint density at radius 1 is 1.12 bits per heavy atom. The van der Waals surface area contributed by atoms with Crippen LogP contribution in [0.3, 0.4) is 0 Å². The van der Waals surface area contributed by atoms with Crippen molar-refractivity contribution in [1.82, 2.24) is 4.98 Å². The fourth-order valence-corrected chi connectivity index (χ4v) is 1.81. The van der Waals surface area contributed by atoms with Gasteiger partial charge in [-0.3, -0.25) is 0 Å². The monoisotopic (exact) mass is 225 g/mol. The molecule has 0 bridgehead atoms. The standard InChI is InChI=1S/C14H11NO2/c1-9-6-7-10(12(16)8-9)14-15-11-4-2-3-5-13(11)17-14/h2-8,16H,1H3. The molecule has 0 unspecified atom stereocenters. The van der Waals surface area contributed by atoms with E-state index in [1.165, 1.54) is 0 Å². The highest BCUT2D eigenvalue weighted by Crippen LogP contribution is 2.31. The van der Waals surface area contributed by atoms with Crippen LogP contribution in [0.2, 0.25) is 0 Å². The van der Waals surface area contributed by atoms with Gasteiger partial charge in [-0.1, -0.05) is 18.2 Å². The SMILES string of the molecule is Cc1ccc(-c2nc3ccccc3o2)c(O)c1. The number of benzene rings is 2. The fourth-order valence-electron chi connectivity index (χ4n) is 1.81. The normalized spacial score (nSPS) is 10.9. The summed E-state index contributed by atoms with van der Waals surface area (Å²) in [4.78, 5) is 4.35. The highest BCUT2D eigenvalue weighted by molar-refractivity contribution is 5.77. The number of rotatable bonds is 1. The number of aromatic nitrogens is 1. The highest BCUT2D eigenvalue weighted by Gasteiger charge is 2.11. The predicted octanol–water partition coefficient (Wildman–Crippen LogP) is 3.51. The third kappa shape index (κ3) is 1.65. The highest BCUT2D eigenvalue weighted by atomic mass is 16.3. The Morgan fingerprint density at radius 3 is 2.71 bits per heavy atom. The second-order valence-corrected chi connectivity index (χ2v) is 4.01. The van der Waals surface area contributed by atoms with E-state index in [1.54, 1.807) is 6.07 Å². The Hall–Kier alpha value is -2.29. The zero-order valence-electron chi connectivity index (χ0n) is 9.34. The molecule has 0 saturated carbocycles. The Labute approximate surface area is 98.3 Å². The van der Waals surface area contributed by atoms with Crippen molar-refractivity contribution in [2.75, 3.05) is 0 Å². The van der Waals surface area contributed by atoms with E-state index in [0.29, 0.717) is 11.5 Å². The summed E-state index contributed by atoms with van der Waals surface area (Å²) in [5, 5.41) is 9.87. The van der Waals surface area contributed by atoms with Crippen LogP contribution < -0.4 is 0 Å². The molecule has 3 rings (SSSR count). The van der Waals surface area contributed by atoms with Crippen molar-refractivity contribution < 1.29 is 9.52 Å². The van der Waals surface area contributed by atoms with E-state index in [4.69, 9.17) is 4.42 Å². The Morgan fingerprint density at radius 2 is 1.94 bits per heavy atom. The Kier molecular flexibility index (Phi) is 2.11. The topological polar surface area (TPSA) is 46.3 Å². The van der Waals surface area contributed by atoms with Crippen molar-refractivity contribution in [3.8, 4) is 17.2 Å². The van der Waals surface area contributed by atoms with Gasteiger partial charge in [-0.05, 0) is 36.8 Å². The van der Waals surface area contributed by atoms with Gasteiger partial charge in [-0.2, -0.15) is 0 Å². The lowest BCUT2D eigenvalue weighted by molar-refractivity contribution is 0.473. The molecular formula is C14H11NO2. The first-order chi connectivity index (χ1) is 8.24. The van der Waals surface area contributed by atoms with Crippen LogP contribution in [0.1, 0.15) is 5.56 Å². The van der Waals surface area contributed by atoms with Gasteiger partial charge in [0.2, 0.25) is 5.89 Å². The summed E-state index contributed by atoms with van der Waals surface area (Å²) in [5.74, 6) is 0.639. The van der Waals surface area contributed by atoms with Crippen LogP contribution in [0, 0.1) is 6.92 Å². The Bertz CT molecular complexity index is 653. The van der Waals surface area contributed by atoms with Crippen LogP contribution >= 0.6 is 0 Å². The molecule has 3 nitrogen and oxygen atoms in total. The van der Waals surface area contributed by atoms with Gasteiger partial charge in [-0.15, -0.1) is 0 Å². The minimum absolute atomic E-state index is 0.191. The van der Waals surface area contributed by atoms with Gasteiger partial charge in [0, 0.05) is 0 Å². The van der Waals surface area contributed by atoms with Crippen LogP contribution in [0.5, 0.6) is 5.75 Å². The summed E-state index contributed by atoms with van der Waals surface area (Å²) in [5.41, 5.74) is 3.14. The molecule has 1 N–H and O–H groups in total. The lowest BCUT2D eigenvalue weighted by Gasteiger charge is -2.00. The zero-order valence-corrected chi connectivity index (χ0v) is 9.34. The van der Waals surface area contributed by atoms with Gasteiger partial charge in [0.15, 0.2) is 5.58 Å². The molecule has 1 aromatic heterocycles. The number of fused-ring (bicyclic) bond motifs is 1. The molecule has 0 radical (unpaired) electrons. The van der Waals surface area contributed by atoms with Crippen molar-refractivity contribution in [2.45, 2.75) is 6.92 Å². The second kappa shape index (κ2) is 3.63. The summed E-state index contributed by atoms with van der Waals surface area (Å²) in [6.07, 6.45) is 0. The van der Waals surface area contributed by atoms with Gasteiger partial charge in [0.25, 0.3) is 0 Å². The summed E-state index contributed by atoms with van der Waals surface area (Å²) in [6, 6.07) is 13.0. The fraction of sp³-hybridized carbons (Fsp3) is 0.0714. The largest absolute Gasteiger partial charge is 0.507 e. The first-order valence-electron chi connectivity index (χ1n) is 5.39. The molecule has 0 amide bonds. The number of aromatic hydroxyl groups is 1. The van der Waals surface area contributed by atoms with Crippen LogP contribution in [0.25, 0.3) is 22.6 Å². The van der Waals surface area contributed by atoms with Crippen LogP contribution in [-0.2, 0) is 0 Å². The minimum Gasteiger partial charge on any atom is -0.507 e. The van der Waals surface area contributed by atoms with Gasteiger partial charge in [0.1, 0.15) is 11.3 Å². The molecule has 17 heavy (non-hydrogen) atoms. The lowest BCUT2D eigenvalue weighted by Crippen LogP contribution is -1.80. The van der Waals surface area contributed by atoms with Crippen LogP contribution in [-0.4, -0.2) is 10.1 Å². The van der Waals surface area contributed by atoms with Crippen molar-refractivity contribution in [1.29, 1.82) is 0 Å². The molecule has 0 atom stereocenters. The third-order valence-electron chi connectivity index (χ3n) is 2.68. The smallest absolute Gasteiger partial charge is 0.231 e. The van der Waals surface area contributed by atoms with Crippen LogP contribution in [0.15, 0.2) is 46.9 Å². The first kappa shape index (κ1) is 9.90. The molecular weight excluding hydrogens is 214 g/mol. The lowest BCUT2D eigenvalue weighted by atomic mass is 10.1. The summed E-state index contributed by atoms with van der Waals surface area (Å²) >= 11 is 0. The maximum absolute atomic E-state index is 9.87. The summed E-state index contributed by atoms with van der Waals surface area (Å²) in [7, 11) is 0. The Balaban J connectivity index is 2.20. The molecule has 0 aliphatic rings. The number of aryl methyl sites for hydroxylation is 1. The predicted molar refractivity (Wildman–Crippen MR) is 65.8 cm³/mol. The molecule has 0 aliphatic heterocycles. The van der Waals surface area contributed by atoms with Crippen molar-refractivity contribution in [3.63, 3.8) is 0 Å². The van der Waals surface area contributed by atoms with E-state index < -0.39 is 0 Å². The quantitative estimate of drug-likeness (QED) is 0.689. The zero-order chi connectivity index (χ0) is 11.8. The van der Waals surface area contributed by atoms with E-state index in [9.17, 15) is 5.11 Å². The molecule has 0 spiro atoms. The van der Waals surface area contributed by atoms with Gasteiger partial charge in [-0.25, -0.2) is 4.98 Å². The van der Waals surface area contributed by atoms with E-state index in [1.807, 2.05) is 43.3 Å². The van der Waals surface area contributed by atoms with Gasteiger partial charge < -0.3 is 9.52 Å². The molecule has 3 heteroatoms. The maximum Gasteiger partial charge on any atom is 0.231 e. The summed E-state index contributed by atoms with van der Waals surface area (Å²) in [6.45, 7) is 1.93. The molecule has 2 aromatic carbocycles. The minimum atomic E-state index is 0.191. The second-order valence-electron chi connectivity index (χ2n) is 4.01. The molecule has 1 heterocycles. The maximum atomic E-state index is 9.87. The van der Waals surface area contributed by atoms with E-state index >= 15 is 0 Å². The summed E-state index contributed by atoms with van der Waals surface area (Å²) < 4.78 is 5.60. The van der Waals surface area contributed by atoms with Crippen molar-refractivity contribution in [3.05, 3.63) is 48.0 Å². The average molecular weight is 225 g/mol. The number of para-hydroxylation sites is 2. The number of phenols is 1. The molecule has 84 valence electrons. The molecule has 0 saturated heterocycles. The third-order valence-corrected chi connectivity index (χ3v) is 2.68. The number of hydrogen-bond acceptors (Lipinski definition) is 3.